The summed E-state index contributed by atoms with van der Waals surface area (Å²) >= 11 is 7.07. The predicted octanol–water partition coefficient (Wildman–Crippen LogP) is 9.95. The van der Waals surface area contributed by atoms with Gasteiger partial charge in [-0.05, 0) is 69.3 Å². The molecule has 0 saturated carbocycles. The predicted molar refractivity (Wildman–Crippen MR) is 194 cm³/mol. The van der Waals surface area contributed by atoms with Crippen LogP contribution in [0.1, 0.15) is 39.0 Å². The lowest BCUT2D eigenvalue weighted by molar-refractivity contribution is 0.0695. The minimum absolute atomic E-state index is 0.0824. The molecule has 2 aromatic carbocycles. The standard InChI is InChI=1S/C17H24BrNO2Si.C16H22BrNO3Si/c1-12-10-15-16(18)7-6-14(13(2)20)17(15)19(12)11-21-8-9-22(3,4)5;1-11-9-13-14(17)6-5-12(16(19)20)15(13)18(11)10-21-7-8-22(2,3)4/h6-7,10H,8-9,11H2,1-5H3;5-6,9H,7-8,10H2,1-4H3,(H,19,20). The van der Waals surface area contributed by atoms with E-state index < -0.39 is 22.1 Å². The van der Waals surface area contributed by atoms with Crippen molar-refractivity contribution < 1.29 is 24.2 Å². The summed E-state index contributed by atoms with van der Waals surface area (Å²) in [4.78, 5) is 23.4. The largest absolute Gasteiger partial charge is 0.478 e. The summed E-state index contributed by atoms with van der Waals surface area (Å²) in [6.07, 6.45) is 0. The molecule has 0 bridgehead atoms. The van der Waals surface area contributed by atoms with Gasteiger partial charge in [0.2, 0.25) is 0 Å². The van der Waals surface area contributed by atoms with E-state index in [2.05, 4.69) is 88.7 Å². The Morgan fingerprint density at radius 2 is 1.11 bits per heavy atom. The maximum absolute atomic E-state index is 11.9. The third-order valence-corrected chi connectivity index (χ3v) is 12.3. The first kappa shape index (κ1) is 36.4. The van der Waals surface area contributed by atoms with Gasteiger partial charge in [0.25, 0.3) is 0 Å². The van der Waals surface area contributed by atoms with Crippen molar-refractivity contribution in [3.05, 3.63) is 67.9 Å². The molecule has 0 spiro atoms. The van der Waals surface area contributed by atoms with Crippen molar-refractivity contribution >= 4 is 81.6 Å². The molecule has 240 valence electrons. The Balaban J connectivity index is 0.000000240. The Morgan fingerprint density at radius 1 is 0.727 bits per heavy atom. The van der Waals surface area contributed by atoms with E-state index in [1.807, 2.05) is 29.7 Å². The van der Waals surface area contributed by atoms with E-state index in [0.717, 1.165) is 60.9 Å². The molecule has 0 saturated heterocycles. The highest BCUT2D eigenvalue weighted by molar-refractivity contribution is 9.11. The molecule has 0 fully saturated rings. The molecular weight excluding hydrogens is 720 g/mol. The molecule has 1 N–H and O–H groups in total. The van der Waals surface area contributed by atoms with E-state index in [9.17, 15) is 14.7 Å². The van der Waals surface area contributed by atoms with E-state index >= 15 is 0 Å². The number of aryl methyl sites for hydroxylation is 2. The lowest BCUT2D eigenvalue weighted by atomic mass is 10.1. The molecule has 11 heteroatoms. The third kappa shape index (κ3) is 9.49. The minimum Gasteiger partial charge on any atom is -0.478 e. The molecule has 7 nitrogen and oxygen atoms in total. The van der Waals surface area contributed by atoms with Crippen molar-refractivity contribution in [3.8, 4) is 0 Å². The average molecular weight is 767 g/mol. The average Bonchev–Trinajstić information content (AvgIpc) is 3.41. The second-order valence-corrected chi connectivity index (χ2v) is 26.7. The summed E-state index contributed by atoms with van der Waals surface area (Å²) < 4.78 is 17.6. The van der Waals surface area contributed by atoms with Gasteiger partial charge in [-0.3, -0.25) is 4.79 Å². The van der Waals surface area contributed by atoms with Crippen LogP contribution in [0.25, 0.3) is 21.8 Å². The number of aromatic carboxylic acids is 1. The van der Waals surface area contributed by atoms with E-state index in [4.69, 9.17) is 9.47 Å². The molecule has 0 aliphatic rings. The fourth-order valence-electron chi connectivity index (χ4n) is 4.81. The maximum Gasteiger partial charge on any atom is 0.337 e. The molecule has 0 radical (unpaired) electrons. The molecule has 0 atom stereocenters. The first-order valence-corrected chi connectivity index (χ1v) is 23.9. The number of carbonyl (C=O) groups excluding carboxylic acids is 1. The van der Waals surface area contributed by atoms with Gasteiger partial charge in [0, 0.05) is 66.0 Å². The molecule has 0 amide bonds. The summed E-state index contributed by atoms with van der Waals surface area (Å²) in [5, 5.41) is 11.4. The molecule has 0 aliphatic heterocycles. The first-order valence-electron chi connectivity index (χ1n) is 14.9. The molecule has 4 rings (SSSR count). The molecule has 2 heterocycles. The van der Waals surface area contributed by atoms with Crippen molar-refractivity contribution in [2.45, 2.75) is 85.6 Å². The highest BCUT2D eigenvalue weighted by atomic mass is 79.9. The number of hydrogen-bond donors (Lipinski definition) is 1. The number of benzene rings is 2. The lowest BCUT2D eigenvalue weighted by Gasteiger charge is -2.17. The zero-order chi connectivity index (χ0) is 33.0. The number of fused-ring (bicyclic) bond motifs is 2. The topological polar surface area (TPSA) is 82.7 Å². The number of carboxylic acids is 1. The van der Waals surface area contributed by atoms with Gasteiger partial charge in [0.1, 0.15) is 13.5 Å². The Kier molecular flexibility index (Phi) is 12.5. The van der Waals surface area contributed by atoms with Crippen LogP contribution >= 0.6 is 31.9 Å². The third-order valence-electron chi connectivity index (χ3n) is 7.47. The Labute approximate surface area is 280 Å². The molecule has 0 unspecified atom stereocenters. The zero-order valence-electron chi connectivity index (χ0n) is 27.4. The van der Waals surface area contributed by atoms with Crippen molar-refractivity contribution in [1.29, 1.82) is 0 Å². The normalized spacial score (nSPS) is 12.1. The molecule has 0 aliphatic carbocycles. The smallest absolute Gasteiger partial charge is 0.337 e. The molecule has 4 aromatic rings. The van der Waals surface area contributed by atoms with Crippen LogP contribution in [0, 0.1) is 13.8 Å². The number of nitrogens with zero attached hydrogens (tertiary/aromatic N) is 2. The van der Waals surface area contributed by atoms with Gasteiger partial charge in [-0.1, -0.05) is 71.1 Å². The highest BCUT2D eigenvalue weighted by Crippen LogP contribution is 2.32. The Morgan fingerprint density at radius 3 is 1.48 bits per heavy atom. The van der Waals surface area contributed by atoms with Crippen molar-refractivity contribution in [2.75, 3.05) is 13.2 Å². The van der Waals surface area contributed by atoms with E-state index in [1.165, 1.54) is 0 Å². The summed E-state index contributed by atoms with van der Waals surface area (Å²) in [6.45, 7) is 22.0. The van der Waals surface area contributed by atoms with Crippen LogP contribution in [0.5, 0.6) is 0 Å². The monoisotopic (exact) mass is 764 g/mol. The summed E-state index contributed by atoms with van der Waals surface area (Å²) in [6, 6.07) is 13.6. The highest BCUT2D eigenvalue weighted by Gasteiger charge is 2.19. The van der Waals surface area contributed by atoms with Crippen LogP contribution in [-0.2, 0) is 22.9 Å². The van der Waals surface area contributed by atoms with E-state index in [1.54, 1.807) is 19.1 Å². The SMILES string of the molecule is CC(=O)c1ccc(Br)c2cc(C)n(COCC[Si](C)(C)C)c12.Cc1cc2c(Br)ccc(C(=O)O)c2n1COCC[Si](C)(C)C. The number of carboxylic acid groups (broad SMARTS) is 1. The number of ketones is 1. The first-order chi connectivity index (χ1) is 20.4. The van der Waals surface area contributed by atoms with Crippen LogP contribution < -0.4 is 0 Å². The van der Waals surface area contributed by atoms with Gasteiger partial charge < -0.3 is 23.7 Å². The fourth-order valence-corrected chi connectivity index (χ4v) is 7.19. The Hall–Kier alpha value is -2.03. The van der Waals surface area contributed by atoms with Crippen LogP contribution in [0.4, 0.5) is 0 Å². The molecular formula is C33H46Br2N2O5Si2. The van der Waals surface area contributed by atoms with Crippen LogP contribution in [0.2, 0.25) is 51.4 Å². The van der Waals surface area contributed by atoms with Gasteiger partial charge in [-0.2, -0.15) is 0 Å². The number of rotatable bonds is 12. The van der Waals surface area contributed by atoms with Crippen LogP contribution in [0.3, 0.4) is 0 Å². The van der Waals surface area contributed by atoms with Crippen LogP contribution in [0.15, 0.2) is 45.3 Å². The minimum atomic E-state index is -1.12. The van der Waals surface area contributed by atoms with E-state index in [0.29, 0.717) is 31.1 Å². The number of hydrogen-bond acceptors (Lipinski definition) is 4. The summed E-state index contributed by atoms with van der Waals surface area (Å²) in [7, 11) is -2.20. The van der Waals surface area contributed by atoms with Gasteiger partial charge in [-0.15, -0.1) is 0 Å². The van der Waals surface area contributed by atoms with Crippen molar-refractivity contribution in [1.82, 2.24) is 9.13 Å². The number of halogens is 2. The van der Waals surface area contributed by atoms with Crippen molar-refractivity contribution in [3.63, 3.8) is 0 Å². The lowest BCUT2D eigenvalue weighted by Crippen LogP contribution is -2.22. The van der Waals surface area contributed by atoms with Crippen molar-refractivity contribution in [2.24, 2.45) is 0 Å². The second-order valence-electron chi connectivity index (χ2n) is 13.7. The maximum atomic E-state index is 11.9. The quantitative estimate of drug-likeness (QED) is 0.0882. The number of ether oxygens (including phenoxy) is 2. The summed E-state index contributed by atoms with van der Waals surface area (Å²) in [5.74, 6) is -0.835. The van der Waals surface area contributed by atoms with E-state index in [-0.39, 0.29) is 5.78 Å². The molecule has 44 heavy (non-hydrogen) atoms. The van der Waals surface area contributed by atoms with Gasteiger partial charge in [-0.25, -0.2) is 4.79 Å². The summed E-state index contributed by atoms with van der Waals surface area (Å²) in [5.41, 5.74) is 4.84. The van der Waals surface area contributed by atoms with Gasteiger partial charge in [0.05, 0.1) is 16.6 Å². The number of aromatic nitrogens is 2. The van der Waals surface area contributed by atoms with Gasteiger partial charge in [0.15, 0.2) is 5.78 Å². The second kappa shape index (κ2) is 15.0. The fraction of sp³-hybridized carbons (Fsp3) is 0.455. The molecule has 2 aromatic heterocycles. The van der Waals surface area contributed by atoms with Gasteiger partial charge >= 0.3 is 5.97 Å². The van der Waals surface area contributed by atoms with Crippen LogP contribution in [-0.4, -0.2) is 55.4 Å². The number of Topliss-reactive ketones (excluding diaryl/α,β-unsaturated/α-hetero) is 1. The zero-order valence-corrected chi connectivity index (χ0v) is 32.6. The number of carbonyl (C=O) groups is 2. The Bertz CT molecular complexity index is 1530.